The first kappa shape index (κ1) is 28.8. The first-order chi connectivity index (χ1) is 25.8. The number of hydrogen-bond acceptors (Lipinski definition) is 2. The second-order valence-corrected chi connectivity index (χ2v) is 13.4. The molecule has 11 aromatic rings. The van der Waals surface area contributed by atoms with Gasteiger partial charge in [0.05, 0.1) is 33.1 Å². The molecule has 0 aliphatic rings. The summed E-state index contributed by atoms with van der Waals surface area (Å²) in [7, 11) is 0. The third-order valence-electron chi connectivity index (χ3n) is 10.5. The van der Waals surface area contributed by atoms with E-state index in [1.807, 2.05) is 6.07 Å². The van der Waals surface area contributed by atoms with Crippen LogP contribution in [0.1, 0.15) is 0 Å². The summed E-state index contributed by atoms with van der Waals surface area (Å²) in [6, 6.07) is 64.8. The molecule has 242 valence electrons. The molecule has 0 atom stereocenters. The Morgan fingerprint density at radius 1 is 0.385 bits per heavy atom. The summed E-state index contributed by atoms with van der Waals surface area (Å²) in [6.45, 7) is 0. The van der Waals surface area contributed by atoms with Gasteiger partial charge in [0, 0.05) is 43.7 Å². The van der Waals surface area contributed by atoms with Gasteiger partial charge in [-0.3, -0.25) is 4.57 Å². The molecule has 4 heteroatoms. The first-order valence-electron chi connectivity index (χ1n) is 17.7. The molecule has 0 aliphatic carbocycles. The number of rotatable bonds is 4. The van der Waals surface area contributed by atoms with E-state index in [1.54, 1.807) is 0 Å². The largest absolute Gasteiger partial charge is 0.309 e. The molecule has 0 N–H and O–H groups in total. The smallest absolute Gasteiger partial charge is 0.165 e. The lowest BCUT2D eigenvalue weighted by Gasteiger charge is -2.15. The van der Waals surface area contributed by atoms with Crippen LogP contribution in [0.15, 0.2) is 182 Å². The van der Waals surface area contributed by atoms with Crippen molar-refractivity contribution in [1.29, 1.82) is 0 Å². The summed E-state index contributed by atoms with van der Waals surface area (Å²) in [5, 5.41) is 7.08. The Morgan fingerprint density at radius 3 is 1.83 bits per heavy atom. The van der Waals surface area contributed by atoms with Crippen LogP contribution >= 0.6 is 0 Å². The normalized spacial score (nSPS) is 11.8. The van der Waals surface area contributed by atoms with E-state index in [0.29, 0.717) is 0 Å². The van der Waals surface area contributed by atoms with Crippen molar-refractivity contribution in [3.63, 3.8) is 0 Å². The van der Waals surface area contributed by atoms with E-state index in [-0.39, 0.29) is 0 Å². The van der Waals surface area contributed by atoms with Crippen molar-refractivity contribution in [1.82, 2.24) is 19.1 Å². The molecule has 0 radical (unpaired) electrons. The maximum absolute atomic E-state index is 5.51. The average molecular weight is 663 g/mol. The highest BCUT2D eigenvalue weighted by molar-refractivity contribution is 6.16. The standard InChI is InChI=1S/C48H30N4/c1-3-15-32(16-4-1)45-48(50-46-35-19-8-7-14-31(35)26-28-41(46)49-45)52-43-25-12-10-21-38(43)40-30-33(27-29-44(40)52)36-22-13-23-39-37-20-9-11-24-42(37)51(47(36)39)34-17-5-2-6-18-34/h1-30H. The summed E-state index contributed by atoms with van der Waals surface area (Å²) in [6.07, 6.45) is 0. The Morgan fingerprint density at radius 2 is 1.02 bits per heavy atom. The van der Waals surface area contributed by atoms with Gasteiger partial charge in [0.2, 0.25) is 0 Å². The van der Waals surface area contributed by atoms with Gasteiger partial charge in [-0.05, 0) is 53.4 Å². The molecular formula is C48H30N4. The summed E-state index contributed by atoms with van der Waals surface area (Å²) >= 11 is 0. The van der Waals surface area contributed by atoms with E-state index in [9.17, 15) is 0 Å². The minimum Gasteiger partial charge on any atom is -0.309 e. The SMILES string of the molecule is c1ccc(-c2nc3ccc4ccccc4c3nc2-n2c3ccccc3c3cc(-c4cccc5c6ccccc6n(-c6ccccc6)c45)ccc32)cc1. The van der Waals surface area contributed by atoms with Crippen LogP contribution in [0.2, 0.25) is 0 Å². The Bertz CT molecular complexity index is 3170. The van der Waals surface area contributed by atoms with Crippen molar-refractivity contribution in [3.8, 4) is 33.9 Å². The highest BCUT2D eigenvalue weighted by atomic mass is 15.1. The summed E-state index contributed by atoms with van der Waals surface area (Å²) < 4.78 is 4.72. The molecule has 3 heterocycles. The lowest BCUT2D eigenvalue weighted by atomic mass is 10.00. The monoisotopic (exact) mass is 662 g/mol. The second kappa shape index (κ2) is 11.2. The molecular weight excluding hydrogens is 633 g/mol. The fourth-order valence-electron chi connectivity index (χ4n) is 8.19. The van der Waals surface area contributed by atoms with E-state index in [0.717, 1.165) is 55.6 Å². The van der Waals surface area contributed by atoms with Gasteiger partial charge in [-0.15, -0.1) is 0 Å². The molecule has 0 amide bonds. The van der Waals surface area contributed by atoms with Gasteiger partial charge in [-0.1, -0.05) is 140 Å². The van der Waals surface area contributed by atoms with E-state index in [4.69, 9.17) is 9.97 Å². The molecule has 0 saturated heterocycles. The molecule has 0 fully saturated rings. The second-order valence-electron chi connectivity index (χ2n) is 13.4. The predicted octanol–water partition coefficient (Wildman–Crippen LogP) is 12.3. The minimum absolute atomic E-state index is 0.820. The third-order valence-corrected chi connectivity index (χ3v) is 10.5. The fourth-order valence-corrected chi connectivity index (χ4v) is 8.19. The highest BCUT2D eigenvalue weighted by Crippen LogP contribution is 2.41. The quantitative estimate of drug-likeness (QED) is 0.176. The lowest BCUT2D eigenvalue weighted by Crippen LogP contribution is -2.04. The van der Waals surface area contributed by atoms with Crippen molar-refractivity contribution >= 4 is 65.4 Å². The van der Waals surface area contributed by atoms with Crippen LogP contribution in [0.3, 0.4) is 0 Å². The number of benzene rings is 8. The van der Waals surface area contributed by atoms with E-state index < -0.39 is 0 Å². The summed E-state index contributed by atoms with van der Waals surface area (Å²) in [5.41, 5.74) is 11.8. The van der Waals surface area contributed by atoms with Crippen LogP contribution in [-0.4, -0.2) is 19.1 Å². The molecule has 11 rings (SSSR count). The van der Waals surface area contributed by atoms with E-state index >= 15 is 0 Å². The van der Waals surface area contributed by atoms with Crippen molar-refractivity contribution in [2.24, 2.45) is 0 Å². The molecule has 0 unspecified atom stereocenters. The van der Waals surface area contributed by atoms with Crippen LogP contribution in [0.4, 0.5) is 0 Å². The van der Waals surface area contributed by atoms with Gasteiger partial charge in [-0.2, -0.15) is 0 Å². The van der Waals surface area contributed by atoms with Crippen LogP contribution in [-0.2, 0) is 0 Å². The highest BCUT2D eigenvalue weighted by Gasteiger charge is 2.22. The zero-order chi connectivity index (χ0) is 34.2. The van der Waals surface area contributed by atoms with Gasteiger partial charge in [0.25, 0.3) is 0 Å². The van der Waals surface area contributed by atoms with Gasteiger partial charge in [0.15, 0.2) is 5.82 Å². The topological polar surface area (TPSA) is 35.6 Å². The fraction of sp³-hybridized carbons (Fsp3) is 0. The Labute approximate surface area is 299 Å². The maximum Gasteiger partial charge on any atom is 0.165 e. The van der Waals surface area contributed by atoms with Crippen molar-refractivity contribution in [2.45, 2.75) is 0 Å². The molecule has 0 spiro atoms. The van der Waals surface area contributed by atoms with Crippen molar-refractivity contribution < 1.29 is 0 Å². The van der Waals surface area contributed by atoms with E-state index in [2.05, 4.69) is 185 Å². The molecule has 3 aromatic heterocycles. The maximum atomic E-state index is 5.51. The summed E-state index contributed by atoms with van der Waals surface area (Å²) in [5.74, 6) is 0.820. The lowest BCUT2D eigenvalue weighted by molar-refractivity contribution is 1.08. The number of nitrogens with zero attached hydrogens (tertiary/aromatic N) is 4. The van der Waals surface area contributed by atoms with Crippen LogP contribution < -0.4 is 0 Å². The van der Waals surface area contributed by atoms with Crippen LogP contribution in [0.5, 0.6) is 0 Å². The van der Waals surface area contributed by atoms with E-state index in [1.165, 1.54) is 43.7 Å². The Balaban J connectivity index is 1.22. The van der Waals surface area contributed by atoms with Gasteiger partial charge >= 0.3 is 0 Å². The zero-order valence-electron chi connectivity index (χ0n) is 28.1. The number of fused-ring (bicyclic) bond motifs is 9. The molecule has 0 saturated carbocycles. The first-order valence-corrected chi connectivity index (χ1v) is 17.7. The minimum atomic E-state index is 0.820. The third kappa shape index (κ3) is 4.21. The molecule has 8 aromatic carbocycles. The number of para-hydroxylation sites is 4. The van der Waals surface area contributed by atoms with Gasteiger partial charge < -0.3 is 4.57 Å². The average Bonchev–Trinajstić information content (AvgIpc) is 3.74. The number of aromatic nitrogens is 4. The molecule has 0 bridgehead atoms. The molecule has 52 heavy (non-hydrogen) atoms. The summed E-state index contributed by atoms with van der Waals surface area (Å²) in [4.78, 5) is 10.8. The zero-order valence-corrected chi connectivity index (χ0v) is 28.1. The van der Waals surface area contributed by atoms with Gasteiger partial charge in [-0.25, -0.2) is 9.97 Å². The molecule has 0 aliphatic heterocycles. The van der Waals surface area contributed by atoms with Crippen LogP contribution in [0.25, 0.3) is 99.3 Å². The van der Waals surface area contributed by atoms with Crippen molar-refractivity contribution in [2.75, 3.05) is 0 Å². The van der Waals surface area contributed by atoms with Gasteiger partial charge in [0.1, 0.15) is 5.69 Å². The van der Waals surface area contributed by atoms with Crippen molar-refractivity contribution in [3.05, 3.63) is 182 Å². The molecule has 4 nitrogen and oxygen atoms in total. The van der Waals surface area contributed by atoms with Crippen LogP contribution in [0, 0.1) is 0 Å². The number of hydrogen-bond donors (Lipinski definition) is 0. The predicted molar refractivity (Wildman–Crippen MR) is 217 cm³/mol. The Hall–Kier alpha value is -7.04. The Kier molecular flexibility index (Phi) is 6.22.